The summed E-state index contributed by atoms with van der Waals surface area (Å²) in [6.07, 6.45) is 1.54. The third-order valence-corrected chi connectivity index (χ3v) is 2.57. The van der Waals surface area contributed by atoms with E-state index in [-0.39, 0.29) is 24.9 Å². The highest BCUT2D eigenvalue weighted by Crippen LogP contribution is 2.18. The summed E-state index contributed by atoms with van der Waals surface area (Å²) in [6, 6.07) is 4.46. The highest BCUT2D eigenvalue weighted by atomic mass is 19.1. The number of amides is 1. The first-order chi connectivity index (χ1) is 8.51. The summed E-state index contributed by atoms with van der Waals surface area (Å²) in [5.74, 6) is -0.418. The molecule has 1 unspecified atom stereocenters. The standard InChI is InChI=1S/C13H19FN2O2/c1-2-11(15)6-9-5-10(14)8-12(7-9)18-4-3-13(16)17/h5,7-8,11H,2-4,6,15H2,1H3,(H2,16,17). The molecule has 1 amide bonds. The number of halogens is 1. The maximum Gasteiger partial charge on any atom is 0.220 e. The fraction of sp³-hybridized carbons (Fsp3) is 0.462. The Morgan fingerprint density at radius 1 is 1.44 bits per heavy atom. The maximum absolute atomic E-state index is 13.4. The second-order valence-corrected chi connectivity index (χ2v) is 4.23. The van der Waals surface area contributed by atoms with Crippen LogP contribution in [0, 0.1) is 5.82 Å². The fourth-order valence-electron chi connectivity index (χ4n) is 1.54. The van der Waals surface area contributed by atoms with Gasteiger partial charge in [0.2, 0.25) is 5.91 Å². The summed E-state index contributed by atoms with van der Waals surface area (Å²) in [6.45, 7) is 2.13. The van der Waals surface area contributed by atoms with E-state index in [0.717, 1.165) is 12.0 Å². The van der Waals surface area contributed by atoms with E-state index < -0.39 is 5.91 Å². The molecule has 100 valence electrons. The Hall–Kier alpha value is -1.62. The number of rotatable bonds is 7. The molecule has 0 aliphatic rings. The van der Waals surface area contributed by atoms with Gasteiger partial charge in [0.1, 0.15) is 11.6 Å². The molecule has 0 spiro atoms. The lowest BCUT2D eigenvalue weighted by Crippen LogP contribution is -2.21. The minimum atomic E-state index is -0.445. The first-order valence-electron chi connectivity index (χ1n) is 5.97. The zero-order valence-electron chi connectivity index (χ0n) is 10.5. The topological polar surface area (TPSA) is 78.3 Å². The van der Waals surface area contributed by atoms with Crippen molar-refractivity contribution in [2.24, 2.45) is 11.5 Å². The van der Waals surface area contributed by atoms with Crippen molar-refractivity contribution in [3.8, 4) is 5.75 Å². The second-order valence-electron chi connectivity index (χ2n) is 4.23. The molecule has 0 saturated carbocycles. The van der Waals surface area contributed by atoms with Gasteiger partial charge in [0.15, 0.2) is 0 Å². The summed E-state index contributed by atoms with van der Waals surface area (Å²) >= 11 is 0. The molecule has 1 rings (SSSR count). The van der Waals surface area contributed by atoms with Crippen molar-refractivity contribution in [3.05, 3.63) is 29.6 Å². The van der Waals surface area contributed by atoms with Crippen molar-refractivity contribution in [2.45, 2.75) is 32.2 Å². The zero-order valence-corrected chi connectivity index (χ0v) is 10.5. The molecule has 1 aromatic carbocycles. The second kappa shape index (κ2) is 6.96. The van der Waals surface area contributed by atoms with Crippen LogP contribution in [-0.4, -0.2) is 18.6 Å². The van der Waals surface area contributed by atoms with Crippen molar-refractivity contribution >= 4 is 5.91 Å². The molecule has 1 aromatic rings. The number of ether oxygens (including phenoxy) is 1. The van der Waals surface area contributed by atoms with Crippen LogP contribution >= 0.6 is 0 Å². The van der Waals surface area contributed by atoms with Gasteiger partial charge in [-0.1, -0.05) is 6.92 Å². The van der Waals surface area contributed by atoms with Crippen molar-refractivity contribution in [3.63, 3.8) is 0 Å². The minimum absolute atomic E-state index is 0.00488. The molecule has 1 atom stereocenters. The summed E-state index contributed by atoms with van der Waals surface area (Å²) in [5, 5.41) is 0. The Kier molecular flexibility index (Phi) is 5.58. The van der Waals surface area contributed by atoms with E-state index in [0.29, 0.717) is 12.2 Å². The Bertz CT molecular complexity index is 410. The molecule has 5 heteroatoms. The SMILES string of the molecule is CCC(N)Cc1cc(F)cc(OCCC(N)=O)c1. The Labute approximate surface area is 106 Å². The highest BCUT2D eigenvalue weighted by Gasteiger charge is 2.06. The van der Waals surface area contributed by atoms with Crippen LogP contribution in [0.1, 0.15) is 25.3 Å². The van der Waals surface area contributed by atoms with E-state index in [1.54, 1.807) is 6.07 Å². The molecule has 0 aliphatic carbocycles. The van der Waals surface area contributed by atoms with Gasteiger partial charge in [0.25, 0.3) is 0 Å². The van der Waals surface area contributed by atoms with Crippen molar-refractivity contribution in [2.75, 3.05) is 6.61 Å². The average Bonchev–Trinajstić information content (AvgIpc) is 2.27. The molecular weight excluding hydrogens is 235 g/mol. The van der Waals surface area contributed by atoms with Crippen LogP contribution < -0.4 is 16.2 Å². The van der Waals surface area contributed by atoms with Crippen molar-refractivity contribution in [1.29, 1.82) is 0 Å². The minimum Gasteiger partial charge on any atom is -0.493 e. The third-order valence-electron chi connectivity index (χ3n) is 2.57. The van der Waals surface area contributed by atoms with Gasteiger partial charge in [-0.2, -0.15) is 0 Å². The van der Waals surface area contributed by atoms with Gasteiger partial charge < -0.3 is 16.2 Å². The number of nitrogens with two attached hydrogens (primary N) is 2. The van der Waals surface area contributed by atoms with Gasteiger partial charge in [0.05, 0.1) is 13.0 Å². The van der Waals surface area contributed by atoms with Gasteiger partial charge in [-0.25, -0.2) is 4.39 Å². The lowest BCUT2D eigenvalue weighted by atomic mass is 10.0. The first kappa shape index (κ1) is 14.4. The summed E-state index contributed by atoms with van der Waals surface area (Å²) < 4.78 is 18.6. The van der Waals surface area contributed by atoms with Gasteiger partial charge in [-0.15, -0.1) is 0 Å². The monoisotopic (exact) mass is 254 g/mol. The molecule has 18 heavy (non-hydrogen) atoms. The van der Waals surface area contributed by atoms with Gasteiger partial charge in [-0.3, -0.25) is 4.79 Å². The largest absolute Gasteiger partial charge is 0.493 e. The Balaban J connectivity index is 2.65. The van der Waals surface area contributed by atoms with Gasteiger partial charge >= 0.3 is 0 Å². The zero-order chi connectivity index (χ0) is 13.5. The fourth-order valence-corrected chi connectivity index (χ4v) is 1.54. The molecule has 0 fully saturated rings. The van der Waals surface area contributed by atoms with Gasteiger partial charge in [-0.05, 0) is 30.5 Å². The smallest absolute Gasteiger partial charge is 0.220 e. The maximum atomic E-state index is 13.4. The highest BCUT2D eigenvalue weighted by molar-refractivity contribution is 5.73. The van der Waals surface area contributed by atoms with Gasteiger partial charge in [0, 0.05) is 12.1 Å². The van der Waals surface area contributed by atoms with Crippen LogP contribution in [0.2, 0.25) is 0 Å². The van der Waals surface area contributed by atoms with E-state index >= 15 is 0 Å². The predicted octanol–water partition coefficient (Wildman–Crippen LogP) is 1.36. The molecule has 0 radical (unpaired) electrons. The normalized spacial score (nSPS) is 12.2. The number of benzene rings is 1. The predicted molar refractivity (Wildman–Crippen MR) is 67.7 cm³/mol. The first-order valence-corrected chi connectivity index (χ1v) is 5.97. The molecule has 4 nitrogen and oxygen atoms in total. The summed E-state index contributed by atoms with van der Waals surface area (Å²) in [7, 11) is 0. The van der Waals surface area contributed by atoms with Crippen LogP contribution in [0.25, 0.3) is 0 Å². The van der Waals surface area contributed by atoms with Crippen molar-refractivity contribution < 1.29 is 13.9 Å². The Morgan fingerprint density at radius 3 is 2.78 bits per heavy atom. The molecule has 0 bridgehead atoms. The lowest BCUT2D eigenvalue weighted by molar-refractivity contribution is -0.118. The van der Waals surface area contributed by atoms with Crippen LogP contribution in [-0.2, 0) is 11.2 Å². The third kappa shape index (κ3) is 5.14. The lowest BCUT2D eigenvalue weighted by Gasteiger charge is -2.11. The quantitative estimate of drug-likeness (QED) is 0.771. The molecule has 0 aromatic heterocycles. The summed E-state index contributed by atoms with van der Waals surface area (Å²) in [4.78, 5) is 10.6. The number of primary amides is 1. The van der Waals surface area contributed by atoms with E-state index in [1.165, 1.54) is 12.1 Å². The molecular formula is C13H19FN2O2. The van der Waals surface area contributed by atoms with Crippen molar-refractivity contribution in [1.82, 2.24) is 0 Å². The number of carbonyl (C=O) groups excluding carboxylic acids is 1. The van der Waals surface area contributed by atoms with Crippen LogP contribution in [0.4, 0.5) is 4.39 Å². The molecule has 0 heterocycles. The van der Waals surface area contributed by atoms with Crippen LogP contribution in [0.15, 0.2) is 18.2 Å². The van der Waals surface area contributed by atoms with Crippen LogP contribution in [0.5, 0.6) is 5.75 Å². The van der Waals surface area contributed by atoms with E-state index in [9.17, 15) is 9.18 Å². The average molecular weight is 254 g/mol. The molecule has 0 saturated heterocycles. The molecule has 4 N–H and O–H groups in total. The van der Waals surface area contributed by atoms with Crippen LogP contribution in [0.3, 0.4) is 0 Å². The summed E-state index contributed by atoms with van der Waals surface area (Å²) in [5.41, 5.74) is 11.6. The van der Waals surface area contributed by atoms with E-state index in [1.807, 2.05) is 6.92 Å². The van der Waals surface area contributed by atoms with E-state index in [4.69, 9.17) is 16.2 Å². The number of carbonyl (C=O) groups is 1. The Morgan fingerprint density at radius 2 is 2.17 bits per heavy atom. The van der Waals surface area contributed by atoms with E-state index in [2.05, 4.69) is 0 Å². The molecule has 0 aliphatic heterocycles. The number of hydrogen-bond acceptors (Lipinski definition) is 3. The number of hydrogen-bond donors (Lipinski definition) is 2.